The fraction of sp³-hybridized carbons (Fsp3) is 0. The molecule has 3 rings (SSSR count). The third-order valence-corrected chi connectivity index (χ3v) is 2.69. The highest BCUT2D eigenvalue weighted by Crippen LogP contribution is 2.24. The van der Waals surface area contributed by atoms with Gasteiger partial charge < -0.3 is 5.32 Å². The molecule has 0 aliphatic carbocycles. The minimum atomic E-state index is 0.691. The van der Waals surface area contributed by atoms with Gasteiger partial charge in [0.1, 0.15) is 0 Å². The van der Waals surface area contributed by atoms with Crippen LogP contribution >= 0.6 is 11.6 Å². The molecule has 17 heavy (non-hydrogen) atoms. The van der Waals surface area contributed by atoms with Crippen molar-refractivity contribution in [2.45, 2.75) is 0 Å². The average molecular weight is 245 g/mol. The summed E-state index contributed by atoms with van der Waals surface area (Å²) < 4.78 is 0. The first-order chi connectivity index (χ1) is 8.33. The first-order valence-corrected chi connectivity index (χ1v) is 5.51. The minimum absolute atomic E-state index is 0.691. The van der Waals surface area contributed by atoms with E-state index in [0.717, 1.165) is 22.4 Å². The van der Waals surface area contributed by atoms with Gasteiger partial charge in [-0.05, 0) is 24.3 Å². The van der Waals surface area contributed by atoms with Crippen molar-refractivity contribution in [3.8, 4) is 0 Å². The second-order valence-corrected chi connectivity index (χ2v) is 4.07. The maximum absolute atomic E-state index is 5.93. The first-order valence-electron chi connectivity index (χ1n) is 5.13. The number of halogens is 1. The van der Waals surface area contributed by atoms with E-state index in [4.69, 9.17) is 11.6 Å². The standard InChI is InChI=1S/C12H9ClN4/c13-8-2-1-3-9(6-8)15-12-10-4-5-14-7-11(10)16-17-12/h1-7H,(H2,15,16,17). The van der Waals surface area contributed by atoms with E-state index >= 15 is 0 Å². The number of hydrogen-bond donors (Lipinski definition) is 2. The van der Waals surface area contributed by atoms with Gasteiger partial charge in [0.05, 0.1) is 11.7 Å². The van der Waals surface area contributed by atoms with Crippen LogP contribution in [-0.4, -0.2) is 15.2 Å². The Hall–Kier alpha value is -2.07. The van der Waals surface area contributed by atoms with Crippen LogP contribution in [0.4, 0.5) is 11.5 Å². The molecule has 0 amide bonds. The number of rotatable bonds is 2. The summed E-state index contributed by atoms with van der Waals surface area (Å²) in [6, 6.07) is 9.42. The van der Waals surface area contributed by atoms with Gasteiger partial charge in [0.15, 0.2) is 5.82 Å². The molecule has 0 aliphatic heterocycles. The van der Waals surface area contributed by atoms with Gasteiger partial charge in [-0.25, -0.2) is 0 Å². The molecule has 1 aromatic carbocycles. The van der Waals surface area contributed by atoms with Crippen molar-refractivity contribution < 1.29 is 0 Å². The predicted octanol–water partition coefficient (Wildman–Crippen LogP) is 3.35. The molecule has 0 saturated carbocycles. The lowest BCUT2D eigenvalue weighted by Gasteiger charge is -2.03. The monoisotopic (exact) mass is 244 g/mol. The van der Waals surface area contributed by atoms with Crippen LogP contribution in [0.1, 0.15) is 0 Å². The molecule has 0 atom stereocenters. The van der Waals surface area contributed by atoms with Crippen molar-refractivity contribution in [2.24, 2.45) is 0 Å². The molecular weight excluding hydrogens is 236 g/mol. The van der Waals surface area contributed by atoms with Gasteiger partial charge in [-0.15, -0.1) is 0 Å². The van der Waals surface area contributed by atoms with Crippen molar-refractivity contribution in [1.82, 2.24) is 15.2 Å². The van der Waals surface area contributed by atoms with Gasteiger partial charge in [0.25, 0.3) is 0 Å². The average Bonchev–Trinajstić information content (AvgIpc) is 2.73. The van der Waals surface area contributed by atoms with E-state index in [9.17, 15) is 0 Å². The second kappa shape index (κ2) is 4.07. The van der Waals surface area contributed by atoms with Crippen LogP contribution in [-0.2, 0) is 0 Å². The third kappa shape index (κ3) is 1.94. The van der Waals surface area contributed by atoms with E-state index in [1.54, 1.807) is 12.4 Å². The van der Waals surface area contributed by atoms with E-state index < -0.39 is 0 Å². The van der Waals surface area contributed by atoms with Gasteiger partial charge in [0.2, 0.25) is 0 Å². The molecule has 0 aliphatic rings. The van der Waals surface area contributed by atoms with Crippen molar-refractivity contribution in [3.63, 3.8) is 0 Å². The van der Waals surface area contributed by atoms with Crippen LogP contribution in [0.2, 0.25) is 5.02 Å². The number of nitrogens with zero attached hydrogens (tertiary/aromatic N) is 2. The van der Waals surface area contributed by atoms with Crippen molar-refractivity contribution in [1.29, 1.82) is 0 Å². The molecule has 3 aromatic rings. The minimum Gasteiger partial charge on any atom is -0.338 e. The van der Waals surface area contributed by atoms with E-state index in [2.05, 4.69) is 20.5 Å². The Balaban J connectivity index is 2.00. The maximum atomic E-state index is 5.93. The molecule has 0 bridgehead atoms. The van der Waals surface area contributed by atoms with E-state index in [1.807, 2.05) is 30.3 Å². The summed E-state index contributed by atoms with van der Waals surface area (Å²) >= 11 is 5.93. The molecule has 2 heterocycles. The lowest BCUT2D eigenvalue weighted by atomic mass is 10.3. The van der Waals surface area contributed by atoms with Gasteiger partial charge >= 0.3 is 0 Å². The summed E-state index contributed by atoms with van der Waals surface area (Å²) in [5, 5.41) is 12.0. The third-order valence-electron chi connectivity index (χ3n) is 2.45. The topological polar surface area (TPSA) is 53.6 Å². The van der Waals surface area contributed by atoms with Crippen LogP contribution in [0.15, 0.2) is 42.7 Å². The maximum Gasteiger partial charge on any atom is 0.160 e. The van der Waals surface area contributed by atoms with E-state index in [0.29, 0.717) is 5.02 Å². The van der Waals surface area contributed by atoms with Gasteiger partial charge in [-0.1, -0.05) is 17.7 Å². The summed E-state index contributed by atoms with van der Waals surface area (Å²) in [4.78, 5) is 4.03. The number of nitrogens with one attached hydrogen (secondary N) is 2. The van der Waals surface area contributed by atoms with Crippen molar-refractivity contribution in [2.75, 3.05) is 5.32 Å². The molecule has 2 N–H and O–H groups in total. The Morgan fingerprint density at radius 2 is 2.18 bits per heavy atom. The zero-order valence-electron chi connectivity index (χ0n) is 8.81. The highest BCUT2D eigenvalue weighted by molar-refractivity contribution is 6.30. The highest BCUT2D eigenvalue weighted by atomic mass is 35.5. The SMILES string of the molecule is Clc1cccc(Nc2n[nH]c3cnccc23)c1. The Morgan fingerprint density at radius 1 is 1.24 bits per heavy atom. The van der Waals surface area contributed by atoms with Crippen molar-refractivity contribution >= 4 is 34.0 Å². The van der Waals surface area contributed by atoms with Crippen LogP contribution in [0, 0.1) is 0 Å². The number of fused-ring (bicyclic) bond motifs is 1. The Bertz CT molecular complexity index is 662. The summed E-state index contributed by atoms with van der Waals surface area (Å²) in [5.74, 6) is 0.768. The van der Waals surface area contributed by atoms with Gasteiger partial charge in [0, 0.05) is 22.3 Å². The smallest absolute Gasteiger partial charge is 0.160 e. The molecule has 5 heteroatoms. The highest BCUT2D eigenvalue weighted by Gasteiger charge is 2.05. The summed E-state index contributed by atoms with van der Waals surface area (Å²) in [5.41, 5.74) is 1.81. The van der Waals surface area contributed by atoms with Crippen LogP contribution in [0.5, 0.6) is 0 Å². The lowest BCUT2D eigenvalue weighted by Crippen LogP contribution is -1.90. The quantitative estimate of drug-likeness (QED) is 0.727. The fourth-order valence-corrected chi connectivity index (χ4v) is 1.85. The van der Waals surface area contributed by atoms with Crippen LogP contribution in [0.3, 0.4) is 0 Å². The predicted molar refractivity (Wildman–Crippen MR) is 68.6 cm³/mol. The zero-order chi connectivity index (χ0) is 11.7. The Kier molecular flexibility index (Phi) is 2.42. The Labute approximate surface area is 103 Å². The summed E-state index contributed by atoms with van der Waals surface area (Å²) in [7, 11) is 0. The molecular formula is C12H9ClN4. The fourth-order valence-electron chi connectivity index (χ4n) is 1.66. The second-order valence-electron chi connectivity index (χ2n) is 3.63. The van der Waals surface area contributed by atoms with Gasteiger partial charge in [-0.2, -0.15) is 5.10 Å². The number of pyridine rings is 1. The van der Waals surface area contributed by atoms with E-state index in [-0.39, 0.29) is 0 Å². The molecule has 4 nitrogen and oxygen atoms in total. The molecule has 0 unspecified atom stereocenters. The molecule has 0 fully saturated rings. The Morgan fingerprint density at radius 3 is 3.06 bits per heavy atom. The van der Waals surface area contributed by atoms with E-state index in [1.165, 1.54) is 0 Å². The number of benzene rings is 1. The number of hydrogen-bond acceptors (Lipinski definition) is 3. The van der Waals surface area contributed by atoms with Crippen LogP contribution < -0.4 is 5.32 Å². The van der Waals surface area contributed by atoms with Gasteiger partial charge in [-0.3, -0.25) is 10.1 Å². The number of H-pyrrole nitrogens is 1. The summed E-state index contributed by atoms with van der Waals surface area (Å²) in [6.07, 6.45) is 3.48. The molecule has 2 aromatic heterocycles. The molecule has 0 saturated heterocycles. The molecule has 84 valence electrons. The number of aromatic amines is 1. The largest absolute Gasteiger partial charge is 0.338 e. The van der Waals surface area contributed by atoms with Crippen molar-refractivity contribution in [3.05, 3.63) is 47.7 Å². The first kappa shape index (κ1) is 10.1. The summed E-state index contributed by atoms with van der Waals surface area (Å²) in [6.45, 7) is 0. The molecule has 0 radical (unpaired) electrons. The zero-order valence-corrected chi connectivity index (χ0v) is 9.57. The normalized spacial score (nSPS) is 10.6. The molecule has 0 spiro atoms. The van der Waals surface area contributed by atoms with Crippen LogP contribution in [0.25, 0.3) is 10.9 Å². The number of aromatic nitrogens is 3. The number of anilines is 2. The lowest BCUT2D eigenvalue weighted by molar-refractivity contribution is 1.12.